The number of carbonyl (C=O) groups excluding carboxylic acids is 2. The molecule has 3 rings (SSSR count). The molecule has 1 aliphatic carbocycles. The quantitative estimate of drug-likeness (QED) is 0.648. The summed E-state index contributed by atoms with van der Waals surface area (Å²) < 4.78 is 17.5. The van der Waals surface area contributed by atoms with Gasteiger partial charge < -0.3 is 24.1 Å². The number of carbonyl (C=O) groups is 2. The molecule has 31 heavy (non-hydrogen) atoms. The molecular weight excluding hydrogens is 398 g/mol. The standard InChI is InChI=1S/C23H27N3O5/c1-15-16(2)26(17-6-4-5-7-17)23(20(15)12-24)25-21(27)13-31-22(28)14-30-19-10-8-18(29-3)9-11-19/h8-11,17H,4-7,13-14H2,1-3H3,(H,25,27). The summed E-state index contributed by atoms with van der Waals surface area (Å²) in [5.74, 6) is 0.494. The van der Waals surface area contributed by atoms with Crippen LogP contribution in [0.3, 0.4) is 0 Å². The Morgan fingerprint density at radius 3 is 2.39 bits per heavy atom. The van der Waals surface area contributed by atoms with Gasteiger partial charge in [-0.2, -0.15) is 5.26 Å². The second-order valence-corrected chi connectivity index (χ2v) is 7.53. The summed E-state index contributed by atoms with van der Waals surface area (Å²) in [5.41, 5.74) is 2.28. The van der Waals surface area contributed by atoms with Crippen molar-refractivity contribution in [1.29, 1.82) is 5.26 Å². The Morgan fingerprint density at radius 2 is 1.77 bits per heavy atom. The fourth-order valence-corrected chi connectivity index (χ4v) is 3.88. The number of rotatable bonds is 8. The van der Waals surface area contributed by atoms with Gasteiger partial charge in [-0.15, -0.1) is 0 Å². The minimum absolute atomic E-state index is 0.261. The van der Waals surface area contributed by atoms with E-state index in [1.54, 1.807) is 31.4 Å². The summed E-state index contributed by atoms with van der Waals surface area (Å²) >= 11 is 0. The molecule has 0 bridgehead atoms. The maximum atomic E-state index is 12.5. The van der Waals surface area contributed by atoms with Gasteiger partial charge in [0.1, 0.15) is 23.4 Å². The van der Waals surface area contributed by atoms with E-state index in [2.05, 4.69) is 11.4 Å². The number of amides is 1. The lowest BCUT2D eigenvalue weighted by Gasteiger charge is -2.19. The van der Waals surface area contributed by atoms with Crippen molar-refractivity contribution >= 4 is 17.7 Å². The van der Waals surface area contributed by atoms with Crippen LogP contribution < -0.4 is 14.8 Å². The number of esters is 1. The number of hydrogen-bond acceptors (Lipinski definition) is 6. The van der Waals surface area contributed by atoms with Crippen LogP contribution in [0.5, 0.6) is 11.5 Å². The van der Waals surface area contributed by atoms with E-state index in [1.165, 1.54) is 0 Å². The average Bonchev–Trinajstić information content (AvgIpc) is 3.38. The SMILES string of the molecule is COc1ccc(OCC(=O)OCC(=O)Nc2c(C#N)c(C)c(C)n2C2CCCC2)cc1. The van der Waals surface area contributed by atoms with E-state index in [4.69, 9.17) is 14.2 Å². The Bertz CT molecular complexity index is 982. The Morgan fingerprint density at radius 1 is 1.13 bits per heavy atom. The molecule has 1 aromatic heterocycles. The molecular formula is C23H27N3O5. The van der Waals surface area contributed by atoms with E-state index in [9.17, 15) is 14.9 Å². The summed E-state index contributed by atoms with van der Waals surface area (Å²) in [5, 5.41) is 12.4. The highest BCUT2D eigenvalue weighted by Gasteiger charge is 2.26. The molecule has 1 aliphatic rings. The maximum Gasteiger partial charge on any atom is 0.344 e. The predicted molar refractivity (Wildman–Crippen MR) is 114 cm³/mol. The van der Waals surface area contributed by atoms with Gasteiger partial charge in [-0.05, 0) is 56.5 Å². The van der Waals surface area contributed by atoms with E-state index in [-0.39, 0.29) is 12.6 Å². The van der Waals surface area contributed by atoms with Crippen LogP contribution in [0.2, 0.25) is 0 Å². The normalized spacial score (nSPS) is 13.5. The lowest BCUT2D eigenvalue weighted by Crippen LogP contribution is -2.25. The molecule has 2 aromatic rings. The number of benzene rings is 1. The molecule has 0 saturated heterocycles. The van der Waals surface area contributed by atoms with Crippen molar-refractivity contribution in [2.75, 3.05) is 25.6 Å². The Labute approximate surface area is 181 Å². The van der Waals surface area contributed by atoms with Crippen molar-refractivity contribution in [2.24, 2.45) is 0 Å². The summed E-state index contributed by atoms with van der Waals surface area (Å²) in [6.45, 7) is 3.07. The first-order chi connectivity index (χ1) is 14.9. The zero-order valence-corrected chi connectivity index (χ0v) is 18.1. The molecule has 1 amide bonds. The first-order valence-corrected chi connectivity index (χ1v) is 10.3. The van der Waals surface area contributed by atoms with Gasteiger partial charge in [-0.3, -0.25) is 4.79 Å². The largest absolute Gasteiger partial charge is 0.497 e. The van der Waals surface area contributed by atoms with Crippen LogP contribution >= 0.6 is 0 Å². The highest BCUT2D eigenvalue weighted by atomic mass is 16.6. The second kappa shape index (κ2) is 10.0. The lowest BCUT2D eigenvalue weighted by atomic mass is 10.2. The number of methoxy groups -OCH3 is 1. The zero-order valence-electron chi connectivity index (χ0n) is 18.1. The fraction of sp³-hybridized carbons (Fsp3) is 0.435. The molecule has 1 saturated carbocycles. The Balaban J connectivity index is 1.57. The third-order valence-corrected chi connectivity index (χ3v) is 5.60. The first kappa shape index (κ1) is 22.2. The molecule has 0 unspecified atom stereocenters. The minimum Gasteiger partial charge on any atom is -0.497 e. The van der Waals surface area contributed by atoms with Crippen molar-refractivity contribution in [1.82, 2.24) is 4.57 Å². The zero-order chi connectivity index (χ0) is 22.4. The van der Waals surface area contributed by atoms with E-state index in [0.717, 1.165) is 36.9 Å². The monoisotopic (exact) mass is 425 g/mol. The topological polar surface area (TPSA) is 103 Å². The third kappa shape index (κ3) is 5.18. The molecule has 1 fully saturated rings. The summed E-state index contributed by atoms with van der Waals surface area (Å²) in [4.78, 5) is 24.4. The van der Waals surface area contributed by atoms with Crippen molar-refractivity contribution in [3.63, 3.8) is 0 Å². The number of nitriles is 1. The number of ether oxygens (including phenoxy) is 3. The van der Waals surface area contributed by atoms with Crippen LogP contribution in [0.25, 0.3) is 0 Å². The lowest BCUT2D eigenvalue weighted by molar-refractivity contribution is -0.149. The van der Waals surface area contributed by atoms with Gasteiger partial charge in [0.25, 0.3) is 5.91 Å². The van der Waals surface area contributed by atoms with Gasteiger partial charge >= 0.3 is 5.97 Å². The average molecular weight is 425 g/mol. The predicted octanol–water partition coefficient (Wildman–Crippen LogP) is 3.66. The van der Waals surface area contributed by atoms with Gasteiger partial charge in [0.15, 0.2) is 13.2 Å². The number of nitrogens with one attached hydrogen (secondary N) is 1. The molecule has 0 aliphatic heterocycles. The number of anilines is 1. The van der Waals surface area contributed by atoms with E-state index < -0.39 is 18.5 Å². The summed E-state index contributed by atoms with van der Waals surface area (Å²) in [6, 6.07) is 9.22. The van der Waals surface area contributed by atoms with Crippen LogP contribution in [0.4, 0.5) is 5.82 Å². The van der Waals surface area contributed by atoms with Gasteiger partial charge in [-0.25, -0.2) is 4.79 Å². The molecule has 8 heteroatoms. The number of nitrogens with zero attached hydrogens (tertiary/aromatic N) is 2. The smallest absolute Gasteiger partial charge is 0.344 e. The first-order valence-electron chi connectivity index (χ1n) is 10.3. The van der Waals surface area contributed by atoms with E-state index in [1.807, 2.05) is 18.4 Å². The van der Waals surface area contributed by atoms with Gasteiger partial charge in [-0.1, -0.05) is 12.8 Å². The maximum absolute atomic E-state index is 12.5. The van der Waals surface area contributed by atoms with Crippen LogP contribution in [0.1, 0.15) is 48.5 Å². The van der Waals surface area contributed by atoms with Gasteiger partial charge in [0.05, 0.1) is 12.7 Å². The van der Waals surface area contributed by atoms with Crippen molar-refractivity contribution < 1.29 is 23.8 Å². The van der Waals surface area contributed by atoms with Crippen molar-refractivity contribution in [2.45, 2.75) is 45.6 Å². The van der Waals surface area contributed by atoms with Gasteiger partial charge in [0.2, 0.25) is 0 Å². The molecule has 1 heterocycles. The molecule has 0 atom stereocenters. The molecule has 0 radical (unpaired) electrons. The number of hydrogen-bond donors (Lipinski definition) is 1. The molecule has 1 aromatic carbocycles. The number of aromatic nitrogens is 1. The van der Waals surface area contributed by atoms with E-state index in [0.29, 0.717) is 22.9 Å². The van der Waals surface area contributed by atoms with Crippen molar-refractivity contribution in [3.05, 3.63) is 41.1 Å². The third-order valence-electron chi connectivity index (χ3n) is 5.60. The molecule has 1 N–H and O–H groups in total. The van der Waals surface area contributed by atoms with Crippen molar-refractivity contribution in [3.8, 4) is 17.6 Å². The molecule has 164 valence electrons. The summed E-state index contributed by atoms with van der Waals surface area (Å²) in [6.07, 6.45) is 4.28. The highest BCUT2D eigenvalue weighted by molar-refractivity contribution is 5.93. The van der Waals surface area contributed by atoms with Crippen LogP contribution in [0, 0.1) is 25.2 Å². The minimum atomic E-state index is -0.662. The molecule has 8 nitrogen and oxygen atoms in total. The highest BCUT2D eigenvalue weighted by Crippen LogP contribution is 2.37. The second-order valence-electron chi connectivity index (χ2n) is 7.53. The van der Waals surface area contributed by atoms with Crippen LogP contribution in [-0.2, 0) is 14.3 Å². The van der Waals surface area contributed by atoms with Gasteiger partial charge in [0, 0.05) is 11.7 Å². The van der Waals surface area contributed by atoms with Crippen LogP contribution in [-0.4, -0.2) is 36.8 Å². The van der Waals surface area contributed by atoms with Crippen LogP contribution in [0.15, 0.2) is 24.3 Å². The summed E-state index contributed by atoms with van der Waals surface area (Å²) in [7, 11) is 1.56. The molecule has 0 spiro atoms. The van der Waals surface area contributed by atoms with E-state index >= 15 is 0 Å². The Hall–Kier alpha value is -3.47. The fourth-order valence-electron chi connectivity index (χ4n) is 3.88. The Kier molecular flexibility index (Phi) is 7.19.